The van der Waals surface area contributed by atoms with E-state index in [1.807, 2.05) is 0 Å². The van der Waals surface area contributed by atoms with Crippen LogP contribution in [0.3, 0.4) is 0 Å². The first-order valence-corrected chi connectivity index (χ1v) is 8.89. The third-order valence-electron chi connectivity index (χ3n) is 3.67. The van der Waals surface area contributed by atoms with Gasteiger partial charge in [-0.05, 0) is 31.7 Å². The van der Waals surface area contributed by atoms with Crippen molar-refractivity contribution in [3.63, 3.8) is 0 Å². The van der Waals surface area contributed by atoms with Crippen molar-refractivity contribution >= 4 is 45.6 Å². The maximum absolute atomic E-state index is 12.8. The van der Waals surface area contributed by atoms with E-state index in [1.54, 1.807) is 22.3 Å². The van der Waals surface area contributed by atoms with Crippen LogP contribution in [0.25, 0.3) is 0 Å². The Morgan fingerprint density at radius 2 is 2.17 bits per heavy atom. The molecule has 2 aromatic heterocycles. The van der Waals surface area contributed by atoms with Gasteiger partial charge < -0.3 is 0 Å². The Morgan fingerprint density at radius 1 is 1.39 bits per heavy atom. The molecule has 120 valence electrons. The van der Waals surface area contributed by atoms with Gasteiger partial charge in [0.25, 0.3) is 5.91 Å². The minimum absolute atomic E-state index is 0.184. The second-order valence-electron chi connectivity index (χ2n) is 5.27. The average Bonchev–Trinajstić information content (AvgIpc) is 2.98. The topological polar surface area (TPSA) is 46.1 Å². The van der Waals surface area contributed by atoms with Gasteiger partial charge in [-0.2, -0.15) is 0 Å². The van der Waals surface area contributed by atoms with E-state index in [2.05, 4.69) is 16.5 Å². The zero-order chi connectivity index (χ0) is 16.4. The normalized spacial score (nSPS) is 13.5. The van der Waals surface area contributed by atoms with E-state index < -0.39 is 0 Å². The number of pyridine rings is 1. The summed E-state index contributed by atoms with van der Waals surface area (Å²) < 4.78 is 0. The SMILES string of the molecule is C=CCN(C(=O)c1cnc(Cl)c(Cl)c1)c1nc2c(s1)CCCC2. The van der Waals surface area contributed by atoms with Crippen molar-refractivity contribution in [2.24, 2.45) is 0 Å². The van der Waals surface area contributed by atoms with Crippen LogP contribution in [0.15, 0.2) is 24.9 Å². The number of nitrogens with zero attached hydrogens (tertiary/aromatic N) is 3. The molecule has 0 unspecified atom stereocenters. The van der Waals surface area contributed by atoms with Gasteiger partial charge in [-0.3, -0.25) is 9.69 Å². The number of hydrogen-bond donors (Lipinski definition) is 0. The minimum atomic E-state index is -0.206. The zero-order valence-corrected chi connectivity index (χ0v) is 14.7. The molecule has 0 bridgehead atoms. The first kappa shape index (κ1) is 16.4. The molecule has 7 heteroatoms. The number of rotatable bonds is 4. The number of thiazole rings is 1. The van der Waals surface area contributed by atoms with Crippen molar-refractivity contribution in [3.05, 3.63) is 51.2 Å². The Hall–Kier alpha value is -1.43. The summed E-state index contributed by atoms with van der Waals surface area (Å²) >= 11 is 13.4. The molecule has 3 rings (SSSR count). The first-order valence-electron chi connectivity index (χ1n) is 7.32. The van der Waals surface area contributed by atoms with Crippen LogP contribution in [-0.4, -0.2) is 22.4 Å². The van der Waals surface area contributed by atoms with Crippen LogP contribution in [0.1, 0.15) is 33.8 Å². The Kier molecular flexibility index (Phi) is 4.99. The van der Waals surface area contributed by atoms with Gasteiger partial charge in [0.1, 0.15) is 5.15 Å². The average molecular weight is 368 g/mol. The third kappa shape index (κ3) is 3.42. The third-order valence-corrected chi connectivity index (χ3v) is 5.53. The summed E-state index contributed by atoms with van der Waals surface area (Å²) in [5.41, 5.74) is 1.50. The Morgan fingerprint density at radius 3 is 2.87 bits per heavy atom. The fourth-order valence-electron chi connectivity index (χ4n) is 2.52. The van der Waals surface area contributed by atoms with Gasteiger partial charge in [0.05, 0.1) is 16.3 Å². The number of anilines is 1. The Balaban J connectivity index is 1.94. The van der Waals surface area contributed by atoms with Crippen molar-refractivity contribution in [3.8, 4) is 0 Å². The molecule has 0 saturated heterocycles. The van der Waals surface area contributed by atoms with Crippen LogP contribution in [-0.2, 0) is 12.8 Å². The molecule has 0 aromatic carbocycles. The van der Waals surface area contributed by atoms with Crippen molar-refractivity contribution in [2.45, 2.75) is 25.7 Å². The summed E-state index contributed by atoms with van der Waals surface area (Å²) in [6.45, 7) is 4.12. The molecule has 1 aliphatic rings. The molecule has 1 amide bonds. The van der Waals surface area contributed by atoms with E-state index in [0.29, 0.717) is 17.2 Å². The molecule has 23 heavy (non-hydrogen) atoms. The summed E-state index contributed by atoms with van der Waals surface area (Å²) in [7, 11) is 0. The summed E-state index contributed by atoms with van der Waals surface area (Å²) in [4.78, 5) is 24.3. The van der Waals surface area contributed by atoms with Crippen LogP contribution in [0, 0.1) is 0 Å². The fourth-order valence-corrected chi connectivity index (χ4v) is 3.95. The molecule has 0 atom stereocenters. The van der Waals surface area contributed by atoms with Crippen LogP contribution in [0.4, 0.5) is 5.13 Å². The molecule has 0 fully saturated rings. The summed E-state index contributed by atoms with van der Waals surface area (Å²) in [5, 5.41) is 1.14. The highest BCUT2D eigenvalue weighted by Gasteiger charge is 2.24. The van der Waals surface area contributed by atoms with Gasteiger partial charge >= 0.3 is 0 Å². The molecule has 0 N–H and O–H groups in total. The molecule has 2 aromatic rings. The number of halogens is 2. The highest BCUT2D eigenvalue weighted by atomic mass is 35.5. The number of carbonyl (C=O) groups excluding carboxylic acids is 1. The van der Waals surface area contributed by atoms with Gasteiger partial charge in [-0.15, -0.1) is 17.9 Å². The number of hydrogen-bond acceptors (Lipinski definition) is 4. The number of aryl methyl sites for hydroxylation is 2. The maximum atomic E-state index is 12.8. The van der Waals surface area contributed by atoms with E-state index in [9.17, 15) is 4.79 Å². The van der Waals surface area contributed by atoms with Gasteiger partial charge in [0.2, 0.25) is 0 Å². The van der Waals surface area contributed by atoms with E-state index in [4.69, 9.17) is 23.2 Å². The number of fused-ring (bicyclic) bond motifs is 1. The fraction of sp³-hybridized carbons (Fsp3) is 0.312. The summed E-state index contributed by atoms with van der Waals surface area (Å²) in [6.07, 6.45) is 7.47. The molecule has 0 aliphatic heterocycles. The lowest BCUT2D eigenvalue weighted by atomic mass is 10.0. The van der Waals surface area contributed by atoms with Crippen molar-refractivity contribution < 1.29 is 4.79 Å². The van der Waals surface area contributed by atoms with Crippen molar-refractivity contribution in [1.82, 2.24) is 9.97 Å². The number of carbonyl (C=O) groups is 1. The lowest BCUT2D eigenvalue weighted by Gasteiger charge is -2.18. The molecule has 0 saturated carbocycles. The molecule has 0 radical (unpaired) electrons. The molecular formula is C16H15Cl2N3OS. The Bertz CT molecular complexity index is 736. The maximum Gasteiger partial charge on any atom is 0.261 e. The largest absolute Gasteiger partial charge is 0.280 e. The second kappa shape index (κ2) is 6.99. The lowest BCUT2D eigenvalue weighted by Crippen LogP contribution is -2.31. The quantitative estimate of drug-likeness (QED) is 0.587. The van der Waals surface area contributed by atoms with Gasteiger partial charge in [0.15, 0.2) is 5.13 Å². The zero-order valence-electron chi connectivity index (χ0n) is 12.4. The van der Waals surface area contributed by atoms with E-state index in [0.717, 1.165) is 25.0 Å². The van der Waals surface area contributed by atoms with Gasteiger partial charge in [0, 0.05) is 17.6 Å². The van der Waals surface area contributed by atoms with Crippen LogP contribution >= 0.6 is 34.5 Å². The lowest BCUT2D eigenvalue weighted by molar-refractivity contribution is 0.0989. The van der Waals surface area contributed by atoms with E-state index in [-0.39, 0.29) is 16.1 Å². The smallest absolute Gasteiger partial charge is 0.261 e. The minimum Gasteiger partial charge on any atom is -0.280 e. The van der Waals surface area contributed by atoms with Crippen LogP contribution in [0.5, 0.6) is 0 Å². The van der Waals surface area contributed by atoms with Crippen LogP contribution in [0.2, 0.25) is 10.2 Å². The molecular weight excluding hydrogens is 353 g/mol. The molecule has 2 heterocycles. The highest BCUT2D eigenvalue weighted by Crippen LogP contribution is 2.32. The summed E-state index contributed by atoms with van der Waals surface area (Å²) in [5.74, 6) is -0.206. The van der Waals surface area contributed by atoms with E-state index in [1.165, 1.54) is 23.6 Å². The van der Waals surface area contributed by atoms with Gasteiger partial charge in [-0.25, -0.2) is 9.97 Å². The highest BCUT2D eigenvalue weighted by molar-refractivity contribution is 7.16. The molecule has 0 spiro atoms. The number of amides is 1. The predicted molar refractivity (Wildman–Crippen MR) is 94.9 cm³/mol. The standard InChI is InChI=1S/C16H15Cl2N3OS/c1-2-7-21(15(22)10-8-11(17)14(18)19-9-10)16-20-12-5-3-4-6-13(12)23-16/h2,8-9H,1,3-7H2. The number of aromatic nitrogens is 2. The molecule has 4 nitrogen and oxygen atoms in total. The predicted octanol–water partition coefficient (Wildman–Crippen LogP) is 4.56. The molecule has 1 aliphatic carbocycles. The van der Waals surface area contributed by atoms with Gasteiger partial charge in [-0.1, -0.05) is 29.3 Å². The monoisotopic (exact) mass is 367 g/mol. The summed E-state index contributed by atoms with van der Waals surface area (Å²) in [6, 6.07) is 1.53. The Labute approximate surface area is 148 Å². The van der Waals surface area contributed by atoms with E-state index >= 15 is 0 Å². The first-order chi connectivity index (χ1) is 11.1. The van der Waals surface area contributed by atoms with Crippen molar-refractivity contribution in [1.29, 1.82) is 0 Å². The van der Waals surface area contributed by atoms with Crippen LogP contribution < -0.4 is 4.90 Å². The van der Waals surface area contributed by atoms with Crippen molar-refractivity contribution in [2.75, 3.05) is 11.4 Å². The second-order valence-corrected chi connectivity index (χ2v) is 7.10.